The molecule has 2 aromatic rings. The Bertz CT molecular complexity index is 1080. The first-order valence-electron chi connectivity index (χ1n) is 12.1. The fraction of sp³-hybridized carbons (Fsp3) is 0.393. The zero-order chi connectivity index (χ0) is 25.0. The van der Waals surface area contributed by atoms with Gasteiger partial charge in [0.05, 0.1) is 12.0 Å². The molecule has 3 N–H and O–H groups in total. The van der Waals surface area contributed by atoms with E-state index in [9.17, 15) is 19.5 Å². The molecule has 0 heterocycles. The van der Waals surface area contributed by atoms with Crippen molar-refractivity contribution < 1.29 is 24.2 Å². The van der Waals surface area contributed by atoms with E-state index in [4.69, 9.17) is 4.74 Å². The van der Waals surface area contributed by atoms with Gasteiger partial charge in [0.25, 0.3) is 0 Å². The van der Waals surface area contributed by atoms with Crippen molar-refractivity contribution in [3.63, 3.8) is 0 Å². The number of carboxylic acid groups (broad SMARTS) is 1. The Labute approximate surface area is 205 Å². The van der Waals surface area contributed by atoms with Crippen LogP contribution in [0.3, 0.4) is 0 Å². The summed E-state index contributed by atoms with van der Waals surface area (Å²) in [4.78, 5) is 37.2. The van der Waals surface area contributed by atoms with Gasteiger partial charge in [0.2, 0.25) is 5.91 Å². The van der Waals surface area contributed by atoms with E-state index in [1.54, 1.807) is 13.0 Å². The first-order chi connectivity index (χ1) is 16.8. The lowest BCUT2D eigenvalue weighted by Gasteiger charge is -2.31. The van der Waals surface area contributed by atoms with E-state index in [1.165, 1.54) is 0 Å². The Morgan fingerprint density at radius 2 is 1.71 bits per heavy atom. The number of ether oxygens (including phenoxy) is 1. The van der Waals surface area contributed by atoms with Gasteiger partial charge in [-0.25, -0.2) is 4.79 Å². The number of allylic oxidation sites excluding steroid dienone is 1. The van der Waals surface area contributed by atoms with Gasteiger partial charge < -0.3 is 20.5 Å². The van der Waals surface area contributed by atoms with Crippen LogP contribution in [0.15, 0.2) is 61.2 Å². The summed E-state index contributed by atoms with van der Waals surface area (Å²) in [6.45, 7) is 5.61. The number of rotatable bonds is 11. The number of aliphatic carboxylic acids is 1. The minimum Gasteiger partial charge on any atom is -0.481 e. The van der Waals surface area contributed by atoms with Gasteiger partial charge in [0.1, 0.15) is 12.6 Å². The van der Waals surface area contributed by atoms with Gasteiger partial charge in [0.15, 0.2) is 0 Å². The van der Waals surface area contributed by atoms with Gasteiger partial charge in [0, 0.05) is 5.92 Å². The summed E-state index contributed by atoms with van der Waals surface area (Å²) in [6.07, 6.45) is 3.44. The maximum absolute atomic E-state index is 13.1. The van der Waals surface area contributed by atoms with Crippen LogP contribution in [0.4, 0.5) is 4.79 Å². The van der Waals surface area contributed by atoms with Crippen molar-refractivity contribution in [3.8, 4) is 11.1 Å². The number of carboxylic acids is 1. The number of carbonyl (C=O) groups is 3. The first-order valence-corrected chi connectivity index (χ1v) is 12.1. The molecule has 2 aliphatic rings. The Morgan fingerprint density at radius 3 is 2.26 bits per heavy atom. The number of nitrogens with one attached hydrogen (secondary N) is 2. The molecular formula is C28H32N2O5. The van der Waals surface area contributed by atoms with Crippen molar-refractivity contribution in [3.05, 3.63) is 72.3 Å². The number of fused-ring (bicyclic) bond motifs is 3. The molecule has 4 rings (SSSR count). The second-order valence-electron chi connectivity index (χ2n) is 9.64. The summed E-state index contributed by atoms with van der Waals surface area (Å²) in [5.74, 6) is -1.33. The number of benzene rings is 2. The maximum Gasteiger partial charge on any atom is 0.407 e. The third-order valence-corrected chi connectivity index (χ3v) is 7.02. The molecule has 0 aliphatic heterocycles. The summed E-state index contributed by atoms with van der Waals surface area (Å²) in [5.41, 5.74) is 3.64. The van der Waals surface area contributed by atoms with Crippen LogP contribution in [0, 0.1) is 5.92 Å². The average molecular weight is 477 g/mol. The van der Waals surface area contributed by atoms with E-state index in [-0.39, 0.29) is 24.9 Å². The summed E-state index contributed by atoms with van der Waals surface area (Å²) in [6, 6.07) is 15.3. The monoisotopic (exact) mass is 476 g/mol. The average Bonchev–Trinajstić information content (AvgIpc) is 3.64. The first kappa shape index (κ1) is 24.5. The molecule has 2 atom stereocenters. The van der Waals surface area contributed by atoms with Gasteiger partial charge in [-0.1, -0.05) is 54.6 Å². The zero-order valence-corrected chi connectivity index (χ0v) is 20.0. The SMILES string of the molecule is C=CCCC(NC(=O)OCC1c2ccccc2-c2ccccc21)C(=O)NC(C)(CC(=O)O)C1CC1. The second kappa shape index (κ2) is 10.3. The molecule has 2 aliphatic carbocycles. The summed E-state index contributed by atoms with van der Waals surface area (Å²) in [5, 5.41) is 14.9. The summed E-state index contributed by atoms with van der Waals surface area (Å²) < 4.78 is 5.60. The molecule has 2 aromatic carbocycles. The molecule has 1 fully saturated rings. The number of carbonyl (C=O) groups excluding carboxylic acids is 2. The molecule has 2 amide bonds. The molecule has 1 saturated carbocycles. The molecule has 0 spiro atoms. The normalized spacial score (nSPS) is 16.8. The van der Waals surface area contributed by atoms with Crippen molar-refractivity contribution in [2.75, 3.05) is 6.61 Å². The summed E-state index contributed by atoms with van der Waals surface area (Å²) >= 11 is 0. The van der Waals surface area contributed by atoms with Crippen LogP contribution in [0.2, 0.25) is 0 Å². The fourth-order valence-corrected chi connectivity index (χ4v) is 5.03. The lowest BCUT2D eigenvalue weighted by atomic mass is 9.91. The van der Waals surface area contributed by atoms with Crippen LogP contribution < -0.4 is 10.6 Å². The van der Waals surface area contributed by atoms with Crippen molar-refractivity contribution in [2.45, 2.75) is 56.5 Å². The second-order valence-corrected chi connectivity index (χ2v) is 9.64. The van der Waals surface area contributed by atoms with Crippen LogP contribution in [0.1, 0.15) is 56.1 Å². The minimum atomic E-state index is -0.966. The molecule has 0 radical (unpaired) electrons. The lowest BCUT2D eigenvalue weighted by molar-refractivity contribution is -0.139. The van der Waals surface area contributed by atoms with Crippen molar-refractivity contribution in [1.29, 1.82) is 0 Å². The molecule has 7 nitrogen and oxygen atoms in total. The van der Waals surface area contributed by atoms with E-state index >= 15 is 0 Å². The smallest absolute Gasteiger partial charge is 0.407 e. The Morgan fingerprint density at radius 1 is 1.11 bits per heavy atom. The minimum absolute atomic E-state index is 0.0812. The van der Waals surface area contributed by atoms with Gasteiger partial charge >= 0.3 is 12.1 Å². The maximum atomic E-state index is 13.1. The summed E-state index contributed by atoms with van der Waals surface area (Å²) in [7, 11) is 0. The van der Waals surface area contributed by atoms with Crippen molar-refractivity contribution in [2.24, 2.45) is 5.92 Å². The molecule has 184 valence electrons. The zero-order valence-electron chi connectivity index (χ0n) is 20.0. The van der Waals surface area contributed by atoms with E-state index in [1.807, 2.05) is 36.4 Å². The molecular weight excluding hydrogens is 444 g/mol. The third kappa shape index (κ3) is 5.56. The highest BCUT2D eigenvalue weighted by atomic mass is 16.5. The predicted molar refractivity (Wildman–Crippen MR) is 133 cm³/mol. The highest BCUT2D eigenvalue weighted by Crippen LogP contribution is 2.44. The Kier molecular flexibility index (Phi) is 7.24. The van der Waals surface area contributed by atoms with E-state index in [0.29, 0.717) is 12.8 Å². The van der Waals surface area contributed by atoms with Crippen molar-refractivity contribution in [1.82, 2.24) is 10.6 Å². The quantitative estimate of drug-likeness (QED) is 0.411. The molecule has 35 heavy (non-hydrogen) atoms. The Balaban J connectivity index is 1.41. The van der Waals surface area contributed by atoms with Crippen molar-refractivity contribution >= 4 is 18.0 Å². The Hall–Kier alpha value is -3.61. The number of hydrogen-bond donors (Lipinski definition) is 3. The highest BCUT2D eigenvalue weighted by Gasteiger charge is 2.45. The van der Waals surface area contributed by atoms with Crippen LogP contribution in [-0.4, -0.2) is 41.3 Å². The lowest BCUT2D eigenvalue weighted by Crippen LogP contribution is -2.56. The third-order valence-electron chi connectivity index (χ3n) is 7.02. The van der Waals surface area contributed by atoms with Crippen LogP contribution in [0.5, 0.6) is 0 Å². The van der Waals surface area contributed by atoms with Crippen LogP contribution in [0.25, 0.3) is 11.1 Å². The van der Waals surface area contributed by atoms with Crippen LogP contribution in [-0.2, 0) is 14.3 Å². The number of alkyl carbamates (subject to hydrolysis) is 1. The number of hydrogen-bond acceptors (Lipinski definition) is 4. The van der Waals surface area contributed by atoms with Gasteiger partial charge in [-0.2, -0.15) is 0 Å². The molecule has 0 bridgehead atoms. The molecule has 0 saturated heterocycles. The molecule has 0 aromatic heterocycles. The molecule has 2 unspecified atom stereocenters. The van der Waals surface area contributed by atoms with Gasteiger partial charge in [-0.15, -0.1) is 6.58 Å². The standard InChI is InChI=1S/C28H32N2O5/c1-3-4-13-24(26(33)30-28(2,16-25(31)32)18-14-15-18)29-27(34)35-17-23-21-11-7-5-9-19(21)20-10-6-8-12-22(20)23/h3,5-12,18,23-24H,1,4,13-17H2,2H3,(H,29,34)(H,30,33)(H,31,32). The fourth-order valence-electron chi connectivity index (χ4n) is 5.03. The van der Waals surface area contributed by atoms with Gasteiger partial charge in [-0.3, -0.25) is 9.59 Å². The van der Waals surface area contributed by atoms with Crippen LogP contribution >= 0.6 is 0 Å². The topological polar surface area (TPSA) is 105 Å². The number of amides is 2. The molecule has 7 heteroatoms. The van der Waals surface area contributed by atoms with E-state index in [0.717, 1.165) is 35.1 Å². The highest BCUT2D eigenvalue weighted by molar-refractivity contribution is 5.87. The predicted octanol–water partition coefficient (Wildman–Crippen LogP) is 4.62. The van der Waals surface area contributed by atoms with E-state index < -0.39 is 29.6 Å². The van der Waals surface area contributed by atoms with E-state index in [2.05, 4.69) is 29.3 Å². The van der Waals surface area contributed by atoms with Gasteiger partial charge in [-0.05, 0) is 60.8 Å². The largest absolute Gasteiger partial charge is 0.481 e.